The van der Waals surface area contributed by atoms with E-state index in [0.717, 1.165) is 12.1 Å². The fourth-order valence-electron chi connectivity index (χ4n) is 1.93. The molecule has 0 fully saturated rings. The summed E-state index contributed by atoms with van der Waals surface area (Å²) in [5, 5.41) is 12.8. The zero-order valence-electron chi connectivity index (χ0n) is 12.3. The number of hydrogen-bond donors (Lipinski definition) is 0. The Labute approximate surface area is 131 Å². The third-order valence-corrected chi connectivity index (χ3v) is 3.17. The van der Waals surface area contributed by atoms with Crippen molar-refractivity contribution in [2.45, 2.75) is 19.7 Å². The van der Waals surface area contributed by atoms with Crippen molar-refractivity contribution >= 4 is 5.71 Å². The van der Waals surface area contributed by atoms with Gasteiger partial charge in [0.05, 0.1) is 22.9 Å². The van der Waals surface area contributed by atoms with Crippen LogP contribution in [0.3, 0.4) is 0 Å². The molecule has 2 aromatic rings. The Morgan fingerprint density at radius 1 is 1.17 bits per heavy atom. The number of oxime groups is 1. The third-order valence-electron chi connectivity index (χ3n) is 3.17. The summed E-state index contributed by atoms with van der Waals surface area (Å²) in [4.78, 5) is 5.16. The Morgan fingerprint density at radius 3 is 2.61 bits per heavy atom. The minimum Gasteiger partial charge on any atom is -0.391 e. The molecular formula is C17H13F3N2O. The summed E-state index contributed by atoms with van der Waals surface area (Å²) in [6.07, 6.45) is -4.40. The maximum atomic E-state index is 12.7. The SMILES string of the molecule is C/C(=N\OCc1ccccc1C#N)c1cccc(C(F)(F)F)c1. The van der Waals surface area contributed by atoms with Gasteiger partial charge in [0, 0.05) is 5.56 Å². The molecule has 0 unspecified atom stereocenters. The molecule has 2 rings (SSSR count). The average molecular weight is 318 g/mol. The molecule has 0 aliphatic heterocycles. The topological polar surface area (TPSA) is 45.4 Å². The van der Waals surface area contributed by atoms with E-state index in [1.54, 1.807) is 31.2 Å². The van der Waals surface area contributed by atoms with Crippen molar-refractivity contribution in [2.75, 3.05) is 0 Å². The molecule has 0 aliphatic carbocycles. The number of benzene rings is 2. The molecule has 2 aromatic carbocycles. The van der Waals surface area contributed by atoms with Crippen LogP contribution in [0, 0.1) is 11.3 Å². The number of rotatable bonds is 4. The molecule has 0 atom stereocenters. The zero-order valence-corrected chi connectivity index (χ0v) is 12.3. The van der Waals surface area contributed by atoms with Crippen molar-refractivity contribution in [1.82, 2.24) is 0 Å². The first-order chi connectivity index (χ1) is 10.9. The monoisotopic (exact) mass is 318 g/mol. The molecule has 0 N–H and O–H groups in total. The minimum absolute atomic E-state index is 0.0695. The van der Waals surface area contributed by atoms with Crippen LogP contribution in [0.2, 0.25) is 0 Å². The lowest BCUT2D eigenvalue weighted by molar-refractivity contribution is -0.137. The largest absolute Gasteiger partial charge is 0.416 e. The fraction of sp³-hybridized carbons (Fsp3) is 0.176. The van der Waals surface area contributed by atoms with Gasteiger partial charge in [0.15, 0.2) is 0 Å². The molecule has 3 nitrogen and oxygen atoms in total. The van der Waals surface area contributed by atoms with Gasteiger partial charge in [-0.15, -0.1) is 0 Å². The van der Waals surface area contributed by atoms with E-state index in [2.05, 4.69) is 5.16 Å². The molecule has 0 saturated carbocycles. The maximum absolute atomic E-state index is 12.7. The molecule has 23 heavy (non-hydrogen) atoms. The van der Waals surface area contributed by atoms with Gasteiger partial charge in [-0.2, -0.15) is 18.4 Å². The lowest BCUT2D eigenvalue weighted by Crippen LogP contribution is -2.07. The highest BCUT2D eigenvalue weighted by molar-refractivity contribution is 5.98. The Morgan fingerprint density at radius 2 is 1.91 bits per heavy atom. The van der Waals surface area contributed by atoms with Crippen LogP contribution in [0.5, 0.6) is 0 Å². The van der Waals surface area contributed by atoms with Gasteiger partial charge in [-0.3, -0.25) is 0 Å². The highest BCUT2D eigenvalue weighted by Gasteiger charge is 2.30. The van der Waals surface area contributed by atoms with Crippen LogP contribution >= 0.6 is 0 Å². The highest BCUT2D eigenvalue weighted by atomic mass is 19.4. The second-order valence-electron chi connectivity index (χ2n) is 4.80. The molecule has 6 heteroatoms. The van der Waals surface area contributed by atoms with E-state index in [4.69, 9.17) is 10.1 Å². The van der Waals surface area contributed by atoms with Gasteiger partial charge in [0.25, 0.3) is 0 Å². The van der Waals surface area contributed by atoms with E-state index < -0.39 is 11.7 Å². The van der Waals surface area contributed by atoms with E-state index in [9.17, 15) is 13.2 Å². The van der Waals surface area contributed by atoms with Crippen LogP contribution in [0.25, 0.3) is 0 Å². The number of halogens is 3. The molecule has 0 aliphatic rings. The maximum Gasteiger partial charge on any atom is 0.416 e. The van der Waals surface area contributed by atoms with Crippen LogP contribution < -0.4 is 0 Å². The van der Waals surface area contributed by atoms with E-state index in [-0.39, 0.29) is 6.61 Å². The summed E-state index contributed by atoms with van der Waals surface area (Å²) in [5.41, 5.74) is 1.05. The average Bonchev–Trinajstić information content (AvgIpc) is 2.54. The van der Waals surface area contributed by atoms with Crippen molar-refractivity contribution < 1.29 is 18.0 Å². The van der Waals surface area contributed by atoms with Gasteiger partial charge < -0.3 is 4.84 Å². The highest BCUT2D eigenvalue weighted by Crippen LogP contribution is 2.29. The predicted octanol–water partition coefficient (Wildman–Crippen LogP) is 4.52. The quantitative estimate of drug-likeness (QED) is 0.614. The summed E-state index contributed by atoms with van der Waals surface area (Å²) >= 11 is 0. The van der Waals surface area contributed by atoms with Crippen molar-refractivity contribution in [3.05, 3.63) is 70.8 Å². The summed E-state index contributed by atoms with van der Waals surface area (Å²) in [5.74, 6) is 0. The van der Waals surface area contributed by atoms with Gasteiger partial charge in [0.2, 0.25) is 0 Å². The third kappa shape index (κ3) is 4.33. The molecule has 0 bridgehead atoms. The van der Waals surface area contributed by atoms with Gasteiger partial charge in [-0.05, 0) is 30.7 Å². The van der Waals surface area contributed by atoms with E-state index in [0.29, 0.717) is 22.4 Å². The van der Waals surface area contributed by atoms with Crippen LogP contribution in [0.1, 0.15) is 29.2 Å². The van der Waals surface area contributed by atoms with Crippen molar-refractivity contribution in [3.63, 3.8) is 0 Å². The zero-order chi connectivity index (χ0) is 16.9. The van der Waals surface area contributed by atoms with Gasteiger partial charge >= 0.3 is 6.18 Å². The molecule has 0 aromatic heterocycles. The standard InChI is InChI=1S/C17H13F3N2O/c1-12(13-7-4-8-16(9-13)17(18,19)20)22-23-11-15-6-3-2-5-14(15)10-21/h2-9H,11H2,1H3/b22-12+. The van der Waals surface area contributed by atoms with Crippen LogP contribution in [-0.4, -0.2) is 5.71 Å². The van der Waals surface area contributed by atoms with Crippen molar-refractivity contribution in [1.29, 1.82) is 5.26 Å². The normalized spacial score (nSPS) is 11.9. The van der Waals surface area contributed by atoms with Gasteiger partial charge in [-0.1, -0.05) is 35.5 Å². The molecular weight excluding hydrogens is 305 g/mol. The van der Waals surface area contributed by atoms with Crippen LogP contribution in [-0.2, 0) is 17.6 Å². The Hall–Kier alpha value is -2.81. The number of nitrogens with zero attached hydrogens (tertiary/aromatic N) is 2. The van der Waals surface area contributed by atoms with Crippen molar-refractivity contribution in [3.8, 4) is 6.07 Å². The molecule has 0 saturated heterocycles. The fourth-order valence-corrected chi connectivity index (χ4v) is 1.93. The van der Waals surface area contributed by atoms with E-state index >= 15 is 0 Å². The summed E-state index contributed by atoms with van der Waals surface area (Å²) < 4.78 is 38.1. The number of alkyl halides is 3. The lowest BCUT2D eigenvalue weighted by Gasteiger charge is -2.08. The number of nitriles is 1. The minimum atomic E-state index is -4.40. The summed E-state index contributed by atoms with van der Waals surface area (Å²) in [7, 11) is 0. The van der Waals surface area contributed by atoms with Gasteiger partial charge in [0.1, 0.15) is 6.61 Å². The Balaban J connectivity index is 2.10. The van der Waals surface area contributed by atoms with Gasteiger partial charge in [-0.25, -0.2) is 0 Å². The summed E-state index contributed by atoms with van der Waals surface area (Å²) in [6.45, 7) is 1.63. The lowest BCUT2D eigenvalue weighted by atomic mass is 10.1. The first-order valence-corrected chi connectivity index (χ1v) is 6.74. The van der Waals surface area contributed by atoms with Crippen LogP contribution in [0.15, 0.2) is 53.7 Å². The van der Waals surface area contributed by atoms with Crippen LogP contribution in [0.4, 0.5) is 13.2 Å². The molecule has 118 valence electrons. The molecule has 0 radical (unpaired) electrons. The van der Waals surface area contributed by atoms with Crippen molar-refractivity contribution in [2.24, 2.45) is 5.16 Å². The molecule has 0 spiro atoms. The smallest absolute Gasteiger partial charge is 0.391 e. The van der Waals surface area contributed by atoms with E-state index in [1.807, 2.05) is 6.07 Å². The predicted molar refractivity (Wildman–Crippen MR) is 79.6 cm³/mol. The Bertz CT molecular complexity index is 761. The molecule has 0 amide bonds. The number of hydrogen-bond acceptors (Lipinski definition) is 3. The second-order valence-corrected chi connectivity index (χ2v) is 4.80. The first kappa shape index (κ1) is 16.6. The van der Waals surface area contributed by atoms with E-state index in [1.165, 1.54) is 12.1 Å². The second kappa shape index (κ2) is 6.97. The summed E-state index contributed by atoms with van der Waals surface area (Å²) in [6, 6.07) is 13.8. The Kier molecular flexibility index (Phi) is 5.02. The molecule has 0 heterocycles. The first-order valence-electron chi connectivity index (χ1n) is 6.74.